The summed E-state index contributed by atoms with van der Waals surface area (Å²) in [6, 6.07) is 3.85. The van der Waals surface area contributed by atoms with Crippen LogP contribution >= 0.6 is 0 Å². The number of pyridine rings is 1. The maximum Gasteiger partial charge on any atom is 0.326 e. The molecule has 1 fully saturated rings. The van der Waals surface area contributed by atoms with E-state index >= 15 is 0 Å². The molecule has 1 saturated heterocycles. The summed E-state index contributed by atoms with van der Waals surface area (Å²) in [5, 5.41) is 13.1. The van der Waals surface area contributed by atoms with E-state index in [1.165, 1.54) is 26.5 Å². The Morgan fingerprint density at radius 3 is 2.68 bits per heavy atom. The van der Waals surface area contributed by atoms with Gasteiger partial charge in [0.2, 0.25) is 5.75 Å². The molecule has 150 valence electrons. The predicted octanol–water partition coefficient (Wildman–Crippen LogP) is 0.737. The minimum absolute atomic E-state index is 0.0468. The topological polar surface area (TPSA) is 130 Å². The summed E-state index contributed by atoms with van der Waals surface area (Å²) >= 11 is 0. The van der Waals surface area contributed by atoms with Crippen LogP contribution in [0.1, 0.15) is 5.56 Å². The summed E-state index contributed by atoms with van der Waals surface area (Å²) in [6.45, 7) is -0.569. The van der Waals surface area contributed by atoms with Gasteiger partial charge in [-0.25, -0.2) is 18.4 Å². The standard InChI is InChI=1S/C16H17FN4O6S/c1-26-12-3-4-18-16(15(12)27-2)19-7-9-5-10(17)14(11(22)6-9)21-8-13(23)20-28(21,24)25/h3-6,22H,7-8H2,1-2H3,(H,18,19)(H,20,23). The second kappa shape index (κ2) is 7.38. The number of carbonyl (C=O) groups excluding carboxylic acids is 1. The molecule has 0 unspecified atom stereocenters. The molecule has 1 aliphatic heterocycles. The molecule has 0 radical (unpaired) electrons. The van der Waals surface area contributed by atoms with Gasteiger partial charge in [-0.05, 0) is 17.7 Å². The van der Waals surface area contributed by atoms with Crippen LogP contribution in [0.2, 0.25) is 0 Å². The molecule has 0 atom stereocenters. The van der Waals surface area contributed by atoms with Crippen LogP contribution in [0.5, 0.6) is 17.2 Å². The van der Waals surface area contributed by atoms with Gasteiger partial charge in [-0.15, -0.1) is 0 Å². The molecule has 1 aromatic heterocycles. The molecule has 28 heavy (non-hydrogen) atoms. The lowest BCUT2D eigenvalue weighted by Crippen LogP contribution is -2.30. The van der Waals surface area contributed by atoms with E-state index in [0.29, 0.717) is 27.2 Å². The predicted molar refractivity (Wildman–Crippen MR) is 97.1 cm³/mol. The summed E-state index contributed by atoms with van der Waals surface area (Å²) in [6.07, 6.45) is 1.49. The van der Waals surface area contributed by atoms with E-state index < -0.39 is 39.9 Å². The number of phenolic OH excluding ortho intramolecular Hbond substituents is 1. The van der Waals surface area contributed by atoms with E-state index in [2.05, 4.69) is 10.3 Å². The Hall–Kier alpha value is -3.28. The van der Waals surface area contributed by atoms with Crippen LogP contribution in [0.4, 0.5) is 15.9 Å². The van der Waals surface area contributed by atoms with E-state index in [0.717, 1.165) is 6.07 Å². The Balaban J connectivity index is 1.86. The Bertz CT molecular complexity index is 1010. The fraction of sp³-hybridized carbons (Fsp3) is 0.250. The van der Waals surface area contributed by atoms with E-state index in [-0.39, 0.29) is 6.54 Å². The molecule has 12 heteroatoms. The van der Waals surface area contributed by atoms with Crippen LogP contribution < -0.4 is 23.8 Å². The average Bonchev–Trinajstić information content (AvgIpc) is 2.90. The van der Waals surface area contributed by atoms with Crippen LogP contribution in [0.25, 0.3) is 0 Å². The van der Waals surface area contributed by atoms with Gasteiger partial charge in [0.25, 0.3) is 5.91 Å². The molecule has 0 aliphatic carbocycles. The minimum Gasteiger partial charge on any atom is -0.506 e. The van der Waals surface area contributed by atoms with Crippen LogP contribution in [0.3, 0.4) is 0 Å². The lowest BCUT2D eigenvalue weighted by atomic mass is 10.1. The number of amides is 1. The summed E-state index contributed by atoms with van der Waals surface area (Å²) in [4.78, 5) is 15.4. The number of nitrogens with one attached hydrogen (secondary N) is 2. The number of halogens is 1. The molecular weight excluding hydrogens is 395 g/mol. The van der Waals surface area contributed by atoms with Crippen molar-refractivity contribution in [1.29, 1.82) is 0 Å². The number of hydrogen-bond acceptors (Lipinski definition) is 8. The molecule has 1 aliphatic rings. The third-order valence-electron chi connectivity index (χ3n) is 3.93. The molecule has 0 bridgehead atoms. The number of phenols is 1. The molecule has 0 spiro atoms. The highest BCUT2D eigenvalue weighted by Crippen LogP contribution is 2.36. The first-order valence-corrected chi connectivity index (χ1v) is 9.36. The van der Waals surface area contributed by atoms with Crippen molar-refractivity contribution in [3.63, 3.8) is 0 Å². The molecule has 1 amide bonds. The summed E-state index contributed by atoms with van der Waals surface area (Å²) < 4.78 is 50.9. The van der Waals surface area contributed by atoms with Crippen molar-refractivity contribution in [3.05, 3.63) is 35.8 Å². The number of aromatic nitrogens is 1. The zero-order valence-corrected chi connectivity index (χ0v) is 15.7. The smallest absolute Gasteiger partial charge is 0.326 e. The molecule has 0 saturated carbocycles. The van der Waals surface area contributed by atoms with Gasteiger partial charge in [0, 0.05) is 18.8 Å². The van der Waals surface area contributed by atoms with Crippen LogP contribution in [-0.2, 0) is 21.5 Å². The minimum atomic E-state index is -4.24. The van der Waals surface area contributed by atoms with Crippen molar-refractivity contribution in [2.24, 2.45) is 0 Å². The molecular formula is C16H17FN4O6S. The highest BCUT2D eigenvalue weighted by Gasteiger charge is 2.37. The SMILES string of the molecule is COc1ccnc(NCc2cc(O)c(N3CC(=O)NS3(=O)=O)c(F)c2)c1OC. The first-order valence-electron chi connectivity index (χ1n) is 7.92. The van der Waals surface area contributed by atoms with Gasteiger partial charge >= 0.3 is 10.2 Å². The van der Waals surface area contributed by atoms with Crippen LogP contribution in [-0.4, -0.2) is 45.2 Å². The molecule has 3 N–H and O–H groups in total. The maximum absolute atomic E-state index is 14.5. The molecule has 1 aromatic carbocycles. The van der Waals surface area contributed by atoms with Gasteiger partial charge in [-0.3, -0.25) is 4.79 Å². The summed E-state index contributed by atoms with van der Waals surface area (Å²) in [7, 11) is -1.33. The van der Waals surface area contributed by atoms with Crippen molar-refractivity contribution in [3.8, 4) is 17.2 Å². The van der Waals surface area contributed by atoms with Gasteiger partial charge in [-0.2, -0.15) is 8.42 Å². The molecule has 2 heterocycles. The first kappa shape index (κ1) is 19.5. The second-order valence-electron chi connectivity index (χ2n) is 5.73. The zero-order chi connectivity index (χ0) is 20.5. The van der Waals surface area contributed by atoms with Gasteiger partial charge < -0.3 is 19.9 Å². The number of benzene rings is 1. The quantitative estimate of drug-likeness (QED) is 0.633. The summed E-state index contributed by atoms with van der Waals surface area (Å²) in [5.74, 6) is -1.31. The summed E-state index contributed by atoms with van der Waals surface area (Å²) in [5.41, 5.74) is -0.291. The molecule has 2 aromatic rings. The number of rotatable bonds is 6. The number of carbonyl (C=O) groups is 1. The third-order valence-corrected chi connectivity index (χ3v) is 5.30. The van der Waals surface area contributed by atoms with Gasteiger partial charge in [0.1, 0.15) is 18.0 Å². The lowest BCUT2D eigenvalue weighted by Gasteiger charge is -2.18. The van der Waals surface area contributed by atoms with Gasteiger partial charge in [-0.1, -0.05) is 0 Å². The fourth-order valence-electron chi connectivity index (χ4n) is 2.73. The Morgan fingerprint density at radius 2 is 2.11 bits per heavy atom. The zero-order valence-electron chi connectivity index (χ0n) is 14.9. The monoisotopic (exact) mass is 412 g/mol. The Labute approximate surface area is 160 Å². The maximum atomic E-state index is 14.5. The van der Waals surface area contributed by atoms with E-state index in [1.54, 1.807) is 10.8 Å². The first-order chi connectivity index (χ1) is 13.3. The number of nitrogens with zero attached hydrogens (tertiary/aromatic N) is 2. The fourth-order valence-corrected chi connectivity index (χ4v) is 3.90. The lowest BCUT2D eigenvalue weighted by molar-refractivity contribution is -0.117. The van der Waals surface area contributed by atoms with E-state index in [9.17, 15) is 22.7 Å². The number of methoxy groups -OCH3 is 2. The molecule has 10 nitrogen and oxygen atoms in total. The van der Waals surface area contributed by atoms with Gasteiger partial charge in [0.15, 0.2) is 17.4 Å². The van der Waals surface area contributed by atoms with Crippen molar-refractivity contribution in [2.45, 2.75) is 6.54 Å². The third kappa shape index (κ3) is 3.58. The van der Waals surface area contributed by atoms with E-state index in [1.807, 2.05) is 0 Å². The second-order valence-corrected chi connectivity index (χ2v) is 7.33. The van der Waals surface area contributed by atoms with Crippen LogP contribution in [0.15, 0.2) is 24.4 Å². The van der Waals surface area contributed by atoms with Crippen molar-refractivity contribution in [1.82, 2.24) is 9.71 Å². The highest BCUT2D eigenvalue weighted by molar-refractivity contribution is 7.92. The number of hydrogen-bond donors (Lipinski definition) is 3. The van der Waals surface area contributed by atoms with Crippen LogP contribution in [0, 0.1) is 5.82 Å². The van der Waals surface area contributed by atoms with Crippen molar-refractivity contribution in [2.75, 3.05) is 30.4 Å². The van der Waals surface area contributed by atoms with E-state index in [4.69, 9.17) is 9.47 Å². The number of aromatic hydroxyl groups is 1. The normalized spacial score (nSPS) is 15.2. The largest absolute Gasteiger partial charge is 0.506 e. The Morgan fingerprint density at radius 1 is 1.36 bits per heavy atom. The Kier molecular flexibility index (Phi) is 5.14. The molecule has 3 rings (SSSR count). The number of anilines is 2. The van der Waals surface area contributed by atoms with Crippen molar-refractivity contribution >= 4 is 27.6 Å². The highest BCUT2D eigenvalue weighted by atomic mass is 32.2. The number of ether oxygens (including phenoxy) is 2. The van der Waals surface area contributed by atoms with Crippen molar-refractivity contribution < 1.29 is 32.2 Å². The average molecular weight is 412 g/mol. The van der Waals surface area contributed by atoms with Gasteiger partial charge in [0.05, 0.1) is 14.2 Å².